The number of alkyl halides is 1. The number of hydrogen-bond acceptors (Lipinski definition) is 4. The summed E-state index contributed by atoms with van der Waals surface area (Å²) >= 11 is 6.19. The minimum Gasteiger partial charge on any atom is -0.493 e. The number of nitrogens with zero attached hydrogens (tertiary/aromatic N) is 1. The van der Waals surface area contributed by atoms with E-state index in [2.05, 4.69) is 4.90 Å². The fourth-order valence-corrected chi connectivity index (χ4v) is 3.51. The molecule has 0 saturated heterocycles. The van der Waals surface area contributed by atoms with Crippen LogP contribution < -0.4 is 14.4 Å². The number of hydrogen-bond donors (Lipinski definition) is 1. The molecule has 150 valence electrons. The number of carboxylic acid groups (broad SMARTS) is 1. The second-order valence-electron chi connectivity index (χ2n) is 6.97. The quantitative estimate of drug-likeness (QED) is 0.496. The largest absolute Gasteiger partial charge is 0.511 e. The van der Waals surface area contributed by atoms with Crippen LogP contribution in [0.5, 0.6) is 11.5 Å². The monoisotopic (exact) mass is 407 g/mol. The van der Waals surface area contributed by atoms with Crippen molar-refractivity contribution in [1.29, 1.82) is 0 Å². The Morgan fingerprint density at radius 1 is 1.32 bits per heavy atom. The number of fused-ring (bicyclic) bond motifs is 1. The van der Waals surface area contributed by atoms with Gasteiger partial charge in [0.1, 0.15) is 11.5 Å². The minimum absolute atomic E-state index is 0.185. The lowest BCUT2D eigenvalue weighted by atomic mass is 9.99. The smallest absolute Gasteiger partial charge is 0.493 e. The summed E-state index contributed by atoms with van der Waals surface area (Å²) in [6.45, 7) is 3.01. The second kappa shape index (κ2) is 9.15. The Kier molecular flexibility index (Phi) is 6.62. The Hall–Kier alpha value is -2.47. The molecule has 2 aromatic rings. The van der Waals surface area contributed by atoms with Gasteiger partial charge in [0.2, 0.25) is 0 Å². The summed E-state index contributed by atoms with van der Waals surface area (Å²) in [5.41, 5.74) is 2.72. The molecule has 0 amide bonds. The first-order valence-electron chi connectivity index (χ1n) is 9.22. The first kappa shape index (κ1) is 20.3. The Labute approximate surface area is 168 Å². The molecular formula is C21H23ClFNO4. The van der Waals surface area contributed by atoms with Crippen LogP contribution in [0.3, 0.4) is 0 Å². The van der Waals surface area contributed by atoms with Crippen molar-refractivity contribution in [2.45, 2.75) is 26.3 Å². The molecule has 0 fully saturated rings. The van der Waals surface area contributed by atoms with Gasteiger partial charge >= 0.3 is 6.16 Å². The molecule has 1 heterocycles. The van der Waals surface area contributed by atoms with Crippen molar-refractivity contribution in [3.05, 3.63) is 52.5 Å². The molecule has 0 saturated carbocycles. The number of benzene rings is 2. The Balaban J connectivity index is 1.85. The highest BCUT2D eigenvalue weighted by molar-refractivity contribution is 6.30. The van der Waals surface area contributed by atoms with E-state index in [0.29, 0.717) is 23.1 Å². The Morgan fingerprint density at radius 3 is 2.89 bits per heavy atom. The van der Waals surface area contributed by atoms with E-state index in [4.69, 9.17) is 26.2 Å². The molecule has 0 radical (unpaired) electrons. The highest BCUT2D eigenvalue weighted by Gasteiger charge is 2.22. The molecule has 1 aliphatic heterocycles. The van der Waals surface area contributed by atoms with E-state index in [-0.39, 0.29) is 12.5 Å². The van der Waals surface area contributed by atoms with Crippen LogP contribution in [0.2, 0.25) is 5.02 Å². The molecule has 1 aliphatic rings. The maximum Gasteiger partial charge on any atom is 0.511 e. The fraction of sp³-hybridized carbons (Fsp3) is 0.381. The molecule has 0 aromatic heterocycles. The van der Waals surface area contributed by atoms with Crippen LogP contribution in [0.15, 0.2) is 36.4 Å². The lowest BCUT2D eigenvalue weighted by Crippen LogP contribution is -2.29. The van der Waals surface area contributed by atoms with Gasteiger partial charge in [0.25, 0.3) is 0 Å². The molecule has 28 heavy (non-hydrogen) atoms. The number of ether oxygens (including phenoxy) is 2. The van der Waals surface area contributed by atoms with Gasteiger partial charge in [0, 0.05) is 40.8 Å². The minimum atomic E-state index is -1.32. The zero-order valence-electron chi connectivity index (χ0n) is 15.7. The van der Waals surface area contributed by atoms with Gasteiger partial charge in [-0.25, -0.2) is 4.79 Å². The normalized spacial score (nSPS) is 14.3. The first-order valence-corrected chi connectivity index (χ1v) is 9.60. The average Bonchev–Trinajstić information content (AvgIpc) is 2.67. The Morgan fingerprint density at radius 2 is 2.14 bits per heavy atom. The van der Waals surface area contributed by atoms with Gasteiger partial charge in [0.15, 0.2) is 0 Å². The van der Waals surface area contributed by atoms with Crippen molar-refractivity contribution in [1.82, 2.24) is 0 Å². The van der Waals surface area contributed by atoms with E-state index in [1.54, 1.807) is 31.2 Å². The van der Waals surface area contributed by atoms with Crippen molar-refractivity contribution < 1.29 is 23.8 Å². The van der Waals surface area contributed by atoms with Crippen molar-refractivity contribution in [3.8, 4) is 11.5 Å². The maximum absolute atomic E-state index is 12.8. The fourth-order valence-electron chi connectivity index (χ4n) is 3.32. The summed E-state index contributed by atoms with van der Waals surface area (Å²) in [6, 6.07) is 10.8. The zero-order chi connectivity index (χ0) is 20.1. The Bertz CT molecular complexity index is 845. The van der Waals surface area contributed by atoms with E-state index < -0.39 is 12.8 Å². The molecule has 0 aliphatic carbocycles. The number of rotatable bonds is 7. The molecule has 1 N–H and O–H groups in total. The number of halogens is 2. The predicted molar refractivity (Wildman–Crippen MR) is 107 cm³/mol. The molecule has 2 aromatic carbocycles. The summed E-state index contributed by atoms with van der Waals surface area (Å²) in [5.74, 6) is 0.860. The van der Waals surface area contributed by atoms with Gasteiger partial charge in [-0.3, -0.25) is 4.39 Å². The van der Waals surface area contributed by atoms with Crippen LogP contribution in [0.1, 0.15) is 24.5 Å². The second-order valence-corrected chi connectivity index (χ2v) is 7.41. The number of anilines is 1. The van der Waals surface area contributed by atoms with Gasteiger partial charge in [-0.1, -0.05) is 24.6 Å². The van der Waals surface area contributed by atoms with Crippen LogP contribution in [0.25, 0.3) is 0 Å². The average molecular weight is 408 g/mol. The summed E-state index contributed by atoms with van der Waals surface area (Å²) in [7, 11) is 0. The molecule has 1 unspecified atom stereocenters. The summed E-state index contributed by atoms with van der Waals surface area (Å²) in [5, 5.41) is 9.57. The van der Waals surface area contributed by atoms with Crippen LogP contribution in [0.4, 0.5) is 14.9 Å². The lowest BCUT2D eigenvalue weighted by molar-refractivity contribution is 0.144. The molecular weight excluding hydrogens is 385 g/mol. The standard InChI is InChI=1S/C21H23ClFNO4/c1-14(11-23)13-27-19-8-7-16(22)10-15(19)12-24-9-3-4-17-18(24)5-2-6-20(17)28-21(25)26/h2,5-8,10,14H,3-4,9,11-13H2,1H3,(H,25,26). The van der Waals surface area contributed by atoms with Crippen LogP contribution in [-0.2, 0) is 13.0 Å². The highest BCUT2D eigenvalue weighted by Crippen LogP contribution is 2.36. The van der Waals surface area contributed by atoms with Gasteiger partial charge in [-0.05, 0) is 43.2 Å². The van der Waals surface area contributed by atoms with E-state index in [9.17, 15) is 9.18 Å². The first-order chi connectivity index (χ1) is 13.5. The summed E-state index contributed by atoms with van der Waals surface area (Å²) < 4.78 is 23.5. The third-order valence-electron chi connectivity index (χ3n) is 4.67. The van der Waals surface area contributed by atoms with E-state index in [1.165, 1.54) is 0 Å². The highest BCUT2D eigenvalue weighted by atomic mass is 35.5. The van der Waals surface area contributed by atoms with Crippen LogP contribution >= 0.6 is 11.6 Å². The van der Waals surface area contributed by atoms with Crippen molar-refractivity contribution in [2.24, 2.45) is 5.92 Å². The topological polar surface area (TPSA) is 59.0 Å². The van der Waals surface area contributed by atoms with Crippen LogP contribution in [-0.4, -0.2) is 31.1 Å². The third kappa shape index (κ3) is 4.87. The van der Waals surface area contributed by atoms with Gasteiger partial charge in [-0.2, -0.15) is 0 Å². The predicted octanol–water partition coefficient (Wildman–Crippen LogP) is 5.33. The summed E-state index contributed by atoms with van der Waals surface area (Å²) in [6.07, 6.45) is 0.309. The zero-order valence-corrected chi connectivity index (χ0v) is 16.4. The SMILES string of the molecule is CC(CF)COc1ccc(Cl)cc1CN1CCCc2c(OC(=O)O)cccc21. The van der Waals surface area contributed by atoms with Gasteiger partial charge < -0.3 is 19.5 Å². The summed E-state index contributed by atoms with van der Waals surface area (Å²) in [4.78, 5) is 13.1. The third-order valence-corrected chi connectivity index (χ3v) is 4.91. The van der Waals surface area contributed by atoms with Crippen LogP contribution in [0, 0.1) is 5.92 Å². The molecule has 3 rings (SSSR count). The lowest BCUT2D eigenvalue weighted by Gasteiger charge is -2.32. The van der Waals surface area contributed by atoms with Crippen molar-refractivity contribution >= 4 is 23.4 Å². The molecule has 1 atom stereocenters. The van der Waals surface area contributed by atoms with E-state index in [0.717, 1.165) is 36.2 Å². The van der Waals surface area contributed by atoms with E-state index >= 15 is 0 Å². The molecule has 5 nitrogen and oxygen atoms in total. The molecule has 0 spiro atoms. The van der Waals surface area contributed by atoms with Crippen molar-refractivity contribution in [3.63, 3.8) is 0 Å². The van der Waals surface area contributed by atoms with E-state index in [1.807, 2.05) is 12.1 Å². The molecule has 7 heteroatoms. The van der Waals surface area contributed by atoms with Gasteiger partial charge in [-0.15, -0.1) is 0 Å². The molecule has 0 bridgehead atoms. The van der Waals surface area contributed by atoms with Crippen molar-refractivity contribution in [2.75, 3.05) is 24.7 Å². The number of carbonyl (C=O) groups is 1. The van der Waals surface area contributed by atoms with Gasteiger partial charge in [0.05, 0.1) is 13.3 Å². The maximum atomic E-state index is 12.8.